The standard InChI is InChI=1S/C22H24N2O/c1-21(2)11-15-10-18-17(13-23-24-18)22(20(15)19(25)12-21)9-5-7-14-6-3-4-8-16(14)22/h3-4,6,8,13H,5,7,9-12H2,1-2H3,(H,23,24). The van der Waals surface area contributed by atoms with E-state index in [2.05, 4.69) is 48.3 Å². The van der Waals surface area contributed by atoms with Gasteiger partial charge >= 0.3 is 0 Å². The number of ketones is 1. The molecule has 0 bridgehead atoms. The lowest BCUT2D eigenvalue weighted by molar-refractivity contribution is -0.118. The summed E-state index contributed by atoms with van der Waals surface area (Å²) in [5.41, 5.74) is 7.41. The fourth-order valence-corrected chi connectivity index (χ4v) is 5.68. The number of aromatic nitrogens is 2. The molecule has 1 N–H and O–H groups in total. The summed E-state index contributed by atoms with van der Waals surface area (Å²) in [5, 5.41) is 7.62. The molecule has 3 heteroatoms. The molecule has 0 radical (unpaired) electrons. The molecule has 0 aliphatic heterocycles. The molecule has 25 heavy (non-hydrogen) atoms. The van der Waals surface area contributed by atoms with Gasteiger partial charge in [-0.05, 0) is 42.2 Å². The van der Waals surface area contributed by atoms with Gasteiger partial charge in [-0.25, -0.2) is 0 Å². The second kappa shape index (κ2) is 4.94. The fourth-order valence-electron chi connectivity index (χ4n) is 5.68. The van der Waals surface area contributed by atoms with Crippen LogP contribution in [-0.2, 0) is 23.1 Å². The Hall–Kier alpha value is -2.16. The van der Waals surface area contributed by atoms with E-state index in [0.717, 1.165) is 37.7 Å². The topological polar surface area (TPSA) is 45.8 Å². The van der Waals surface area contributed by atoms with Crippen molar-refractivity contribution in [3.8, 4) is 0 Å². The van der Waals surface area contributed by atoms with Crippen molar-refractivity contribution in [2.45, 2.75) is 57.8 Å². The van der Waals surface area contributed by atoms with Crippen molar-refractivity contribution < 1.29 is 4.79 Å². The van der Waals surface area contributed by atoms with E-state index in [1.165, 1.54) is 28.0 Å². The normalized spacial score (nSPS) is 27.0. The molecule has 2 aromatic rings. The number of benzene rings is 1. The molecule has 0 saturated heterocycles. The van der Waals surface area contributed by atoms with Crippen molar-refractivity contribution in [3.05, 3.63) is 64.0 Å². The van der Waals surface area contributed by atoms with E-state index >= 15 is 0 Å². The third-order valence-corrected chi connectivity index (χ3v) is 6.43. The van der Waals surface area contributed by atoms with Gasteiger partial charge in [0.05, 0.1) is 11.6 Å². The molecule has 3 nitrogen and oxygen atoms in total. The lowest BCUT2D eigenvalue weighted by Gasteiger charge is -2.47. The first-order chi connectivity index (χ1) is 12.0. The van der Waals surface area contributed by atoms with Crippen molar-refractivity contribution >= 4 is 5.78 Å². The van der Waals surface area contributed by atoms with Crippen LogP contribution < -0.4 is 0 Å². The van der Waals surface area contributed by atoms with Crippen LogP contribution in [0.25, 0.3) is 0 Å². The zero-order chi connectivity index (χ0) is 17.2. The van der Waals surface area contributed by atoms with Gasteiger partial charge < -0.3 is 0 Å². The van der Waals surface area contributed by atoms with E-state index in [0.29, 0.717) is 12.2 Å². The molecule has 1 heterocycles. The number of fused-ring (bicyclic) bond motifs is 5. The van der Waals surface area contributed by atoms with Crippen LogP contribution >= 0.6 is 0 Å². The van der Waals surface area contributed by atoms with Gasteiger partial charge in [-0.3, -0.25) is 9.89 Å². The molecule has 1 spiro atoms. The summed E-state index contributed by atoms with van der Waals surface area (Å²) >= 11 is 0. The Labute approximate surface area is 148 Å². The molecule has 0 saturated carbocycles. The number of hydrogen-bond donors (Lipinski definition) is 1. The molecule has 1 atom stereocenters. The molecule has 3 aliphatic rings. The maximum atomic E-state index is 13.4. The lowest BCUT2D eigenvalue weighted by atomic mass is 9.54. The van der Waals surface area contributed by atoms with Gasteiger partial charge in [-0.15, -0.1) is 0 Å². The molecule has 1 unspecified atom stereocenters. The van der Waals surface area contributed by atoms with E-state index < -0.39 is 0 Å². The molecule has 128 valence electrons. The summed E-state index contributed by atoms with van der Waals surface area (Å²) < 4.78 is 0. The number of nitrogens with one attached hydrogen (secondary N) is 1. The Bertz CT molecular complexity index is 918. The summed E-state index contributed by atoms with van der Waals surface area (Å²) in [7, 11) is 0. The highest BCUT2D eigenvalue weighted by atomic mass is 16.1. The third kappa shape index (κ3) is 1.98. The number of hydrogen-bond acceptors (Lipinski definition) is 2. The van der Waals surface area contributed by atoms with Gasteiger partial charge in [0.2, 0.25) is 0 Å². The van der Waals surface area contributed by atoms with Crippen LogP contribution in [0.4, 0.5) is 0 Å². The van der Waals surface area contributed by atoms with Crippen molar-refractivity contribution in [1.82, 2.24) is 10.2 Å². The molecule has 3 aliphatic carbocycles. The number of carbonyl (C=O) groups excluding carboxylic acids is 1. The summed E-state index contributed by atoms with van der Waals surface area (Å²) in [6.07, 6.45) is 7.74. The minimum atomic E-state index is -0.279. The summed E-state index contributed by atoms with van der Waals surface area (Å²) in [4.78, 5) is 13.4. The Morgan fingerprint density at radius 1 is 1.12 bits per heavy atom. The number of aryl methyl sites for hydroxylation is 1. The van der Waals surface area contributed by atoms with Crippen LogP contribution in [0, 0.1) is 5.41 Å². The van der Waals surface area contributed by atoms with Crippen molar-refractivity contribution in [1.29, 1.82) is 0 Å². The molecule has 1 aromatic heterocycles. The van der Waals surface area contributed by atoms with E-state index in [4.69, 9.17) is 0 Å². The number of allylic oxidation sites excluding steroid dienone is 2. The molecule has 5 rings (SSSR count). The average Bonchev–Trinajstić information content (AvgIpc) is 3.02. The van der Waals surface area contributed by atoms with Crippen LogP contribution in [-0.4, -0.2) is 16.0 Å². The smallest absolute Gasteiger partial charge is 0.160 e. The largest absolute Gasteiger partial charge is 0.294 e. The van der Waals surface area contributed by atoms with Crippen molar-refractivity contribution in [2.24, 2.45) is 5.41 Å². The van der Waals surface area contributed by atoms with Gasteiger partial charge in [-0.1, -0.05) is 43.7 Å². The summed E-state index contributed by atoms with van der Waals surface area (Å²) in [6, 6.07) is 8.73. The van der Waals surface area contributed by atoms with Crippen LogP contribution in [0.15, 0.2) is 41.6 Å². The Morgan fingerprint density at radius 3 is 2.84 bits per heavy atom. The minimum Gasteiger partial charge on any atom is -0.294 e. The summed E-state index contributed by atoms with van der Waals surface area (Å²) in [6.45, 7) is 4.44. The second-order valence-electron chi connectivity index (χ2n) is 8.77. The first-order valence-corrected chi connectivity index (χ1v) is 9.38. The predicted molar refractivity (Wildman–Crippen MR) is 97.5 cm³/mol. The molecule has 0 fully saturated rings. The van der Waals surface area contributed by atoms with Crippen LogP contribution in [0.5, 0.6) is 0 Å². The molecular weight excluding hydrogens is 308 g/mol. The van der Waals surface area contributed by atoms with Gasteiger partial charge in [0.1, 0.15) is 0 Å². The number of carbonyl (C=O) groups is 1. The third-order valence-electron chi connectivity index (χ3n) is 6.43. The molecule has 1 aromatic carbocycles. The highest BCUT2D eigenvalue weighted by Crippen LogP contribution is 2.56. The Morgan fingerprint density at radius 2 is 1.96 bits per heavy atom. The van der Waals surface area contributed by atoms with Crippen LogP contribution in [0.1, 0.15) is 61.9 Å². The van der Waals surface area contributed by atoms with E-state index in [9.17, 15) is 4.79 Å². The highest BCUT2D eigenvalue weighted by Gasteiger charge is 2.51. The van der Waals surface area contributed by atoms with Gasteiger partial charge in [-0.2, -0.15) is 5.10 Å². The van der Waals surface area contributed by atoms with Crippen LogP contribution in [0.2, 0.25) is 0 Å². The van der Waals surface area contributed by atoms with E-state index in [1.807, 2.05) is 6.20 Å². The van der Waals surface area contributed by atoms with Gasteiger partial charge in [0.15, 0.2) is 5.78 Å². The highest BCUT2D eigenvalue weighted by molar-refractivity contribution is 6.02. The number of Topliss-reactive ketones (excluding diaryl/α,β-unsaturated/α-hetero) is 1. The molecule has 0 amide bonds. The first-order valence-electron chi connectivity index (χ1n) is 9.38. The summed E-state index contributed by atoms with van der Waals surface area (Å²) in [5.74, 6) is 0.356. The lowest BCUT2D eigenvalue weighted by Crippen LogP contribution is -2.44. The number of nitrogens with zero attached hydrogens (tertiary/aromatic N) is 1. The van der Waals surface area contributed by atoms with Crippen molar-refractivity contribution in [2.75, 3.05) is 0 Å². The fraction of sp³-hybridized carbons (Fsp3) is 0.455. The van der Waals surface area contributed by atoms with Gasteiger partial charge in [0.25, 0.3) is 0 Å². The SMILES string of the molecule is CC1(C)CC(=O)C2=C(Cc3[nH]ncc3C23CCCc2ccccc23)C1. The average molecular weight is 332 g/mol. The Balaban J connectivity index is 1.84. The Kier molecular flexibility index (Phi) is 2.99. The first kappa shape index (κ1) is 15.1. The van der Waals surface area contributed by atoms with Crippen molar-refractivity contribution in [3.63, 3.8) is 0 Å². The van der Waals surface area contributed by atoms with Gasteiger partial charge in [0, 0.05) is 29.7 Å². The monoisotopic (exact) mass is 332 g/mol. The quantitative estimate of drug-likeness (QED) is 0.783. The minimum absolute atomic E-state index is 0.0583. The maximum Gasteiger partial charge on any atom is 0.160 e. The maximum absolute atomic E-state index is 13.4. The predicted octanol–water partition coefficient (Wildman–Crippen LogP) is 4.27. The molecular formula is C22H24N2O. The number of rotatable bonds is 0. The number of aromatic amines is 1. The zero-order valence-corrected chi connectivity index (χ0v) is 15.0. The van der Waals surface area contributed by atoms with Crippen LogP contribution in [0.3, 0.4) is 0 Å². The number of H-pyrrole nitrogens is 1. The van der Waals surface area contributed by atoms with E-state index in [1.54, 1.807) is 0 Å². The van der Waals surface area contributed by atoms with E-state index in [-0.39, 0.29) is 10.8 Å². The zero-order valence-electron chi connectivity index (χ0n) is 15.0. The second-order valence-corrected chi connectivity index (χ2v) is 8.77.